The monoisotopic (exact) mass is 491 g/mol. The second-order valence-electron chi connectivity index (χ2n) is 8.10. The van der Waals surface area contributed by atoms with Gasteiger partial charge in [0.25, 0.3) is 0 Å². The normalized spacial score (nSPS) is 17.9. The minimum atomic E-state index is -3.82. The molecule has 1 saturated heterocycles. The summed E-state index contributed by atoms with van der Waals surface area (Å²) in [5.41, 5.74) is 2.07. The molecular formula is C24H24ClF2N3O2S. The van der Waals surface area contributed by atoms with Crippen LogP contribution in [0.5, 0.6) is 0 Å². The molecule has 0 aromatic heterocycles. The number of piperazine rings is 1. The number of nitrogens with zero attached hydrogens (tertiary/aromatic N) is 2. The second-order valence-corrected chi connectivity index (χ2v) is 10.2. The molecule has 1 aliphatic heterocycles. The molecule has 1 fully saturated rings. The highest BCUT2D eigenvalue weighted by atomic mass is 35.5. The van der Waals surface area contributed by atoms with E-state index in [2.05, 4.69) is 9.62 Å². The molecule has 9 heteroatoms. The fourth-order valence-corrected chi connectivity index (χ4v) is 5.52. The lowest BCUT2D eigenvalue weighted by molar-refractivity contribution is 0.135. The molecule has 1 N–H and O–H groups in total. The molecular weight excluding hydrogens is 468 g/mol. The van der Waals surface area contributed by atoms with Crippen molar-refractivity contribution in [3.63, 3.8) is 0 Å². The van der Waals surface area contributed by atoms with Crippen LogP contribution in [0.4, 0.5) is 14.5 Å². The van der Waals surface area contributed by atoms with Crippen LogP contribution in [0.3, 0.4) is 0 Å². The van der Waals surface area contributed by atoms with Gasteiger partial charge < -0.3 is 0 Å². The number of rotatable bonds is 6. The zero-order chi connectivity index (χ0) is 23.6. The van der Waals surface area contributed by atoms with E-state index in [0.29, 0.717) is 23.8 Å². The SMILES string of the molecule is CN1CCN(S(=O)(=O)Nc2ccc(Cl)cc2)CC1C(c1ccc(F)cc1)c1ccc(F)cc1. The molecule has 5 nitrogen and oxygen atoms in total. The zero-order valence-electron chi connectivity index (χ0n) is 18.0. The first-order valence-corrected chi connectivity index (χ1v) is 12.3. The smallest absolute Gasteiger partial charge is 0.300 e. The Bertz CT molecular complexity index is 1140. The minimum absolute atomic E-state index is 0.207. The Kier molecular flexibility index (Phi) is 6.99. The quantitative estimate of drug-likeness (QED) is 0.542. The number of nitrogens with one attached hydrogen (secondary N) is 1. The molecule has 0 aliphatic carbocycles. The van der Waals surface area contributed by atoms with Gasteiger partial charge in [0.1, 0.15) is 11.6 Å². The summed E-state index contributed by atoms with van der Waals surface area (Å²) in [4.78, 5) is 2.09. The summed E-state index contributed by atoms with van der Waals surface area (Å²) < 4.78 is 57.5. The summed E-state index contributed by atoms with van der Waals surface area (Å²) in [7, 11) is -1.89. The number of halogens is 3. The number of hydrogen-bond acceptors (Lipinski definition) is 3. The third-order valence-electron chi connectivity index (χ3n) is 5.93. The van der Waals surface area contributed by atoms with Crippen molar-refractivity contribution in [2.24, 2.45) is 0 Å². The van der Waals surface area contributed by atoms with Crippen molar-refractivity contribution in [3.8, 4) is 0 Å². The summed E-state index contributed by atoms with van der Waals surface area (Å²) in [6.45, 7) is 1.03. The molecule has 0 bridgehead atoms. The van der Waals surface area contributed by atoms with Crippen molar-refractivity contribution < 1.29 is 17.2 Å². The van der Waals surface area contributed by atoms with Crippen LogP contribution in [-0.2, 0) is 10.2 Å². The molecule has 0 radical (unpaired) electrons. The van der Waals surface area contributed by atoms with Gasteiger partial charge in [0, 0.05) is 42.3 Å². The number of hydrogen-bond donors (Lipinski definition) is 1. The van der Waals surface area contributed by atoms with E-state index in [0.717, 1.165) is 11.1 Å². The van der Waals surface area contributed by atoms with Gasteiger partial charge in [-0.2, -0.15) is 12.7 Å². The average molecular weight is 492 g/mol. The maximum absolute atomic E-state index is 13.6. The Labute approximate surface area is 197 Å². The predicted molar refractivity (Wildman–Crippen MR) is 127 cm³/mol. The summed E-state index contributed by atoms with van der Waals surface area (Å²) in [5, 5.41) is 0.513. The van der Waals surface area contributed by atoms with Gasteiger partial charge in [-0.05, 0) is 66.7 Å². The van der Waals surface area contributed by atoms with E-state index in [1.807, 2.05) is 7.05 Å². The van der Waals surface area contributed by atoms with Crippen molar-refractivity contribution >= 4 is 27.5 Å². The standard InChI is InChI=1S/C24H24ClF2N3O2S/c1-29-14-15-30(33(31,32)28-22-12-6-19(25)7-13-22)16-23(29)24(17-2-8-20(26)9-3-17)18-4-10-21(27)11-5-18/h2-13,23-24,28H,14-16H2,1H3. The van der Waals surface area contributed by atoms with Crippen LogP contribution in [0.2, 0.25) is 5.02 Å². The molecule has 1 unspecified atom stereocenters. The molecule has 1 heterocycles. The van der Waals surface area contributed by atoms with E-state index < -0.39 is 10.2 Å². The van der Waals surface area contributed by atoms with Gasteiger partial charge in [-0.15, -0.1) is 0 Å². The predicted octanol–water partition coefficient (Wildman–Crippen LogP) is 4.72. The summed E-state index contributed by atoms with van der Waals surface area (Å²) >= 11 is 5.90. The number of anilines is 1. The van der Waals surface area contributed by atoms with Crippen LogP contribution < -0.4 is 4.72 Å². The maximum Gasteiger partial charge on any atom is 0.301 e. The van der Waals surface area contributed by atoms with Crippen LogP contribution >= 0.6 is 11.6 Å². The highest BCUT2D eigenvalue weighted by molar-refractivity contribution is 7.90. The molecule has 0 amide bonds. The fourth-order valence-electron chi connectivity index (χ4n) is 4.16. The van der Waals surface area contributed by atoms with Gasteiger partial charge in [-0.3, -0.25) is 9.62 Å². The summed E-state index contributed by atoms with van der Waals surface area (Å²) in [5.74, 6) is -1.00. The Morgan fingerprint density at radius 3 is 1.91 bits per heavy atom. The van der Waals surface area contributed by atoms with Crippen LogP contribution in [0.15, 0.2) is 72.8 Å². The van der Waals surface area contributed by atoms with Crippen molar-refractivity contribution in [2.75, 3.05) is 31.4 Å². The third kappa shape index (κ3) is 5.52. The minimum Gasteiger partial charge on any atom is -0.300 e. The van der Waals surface area contributed by atoms with E-state index in [1.165, 1.54) is 28.6 Å². The van der Waals surface area contributed by atoms with E-state index in [-0.39, 0.29) is 30.1 Å². The number of benzene rings is 3. The average Bonchev–Trinajstić information content (AvgIpc) is 2.79. The lowest BCUT2D eigenvalue weighted by atomic mass is 9.83. The first kappa shape index (κ1) is 23.6. The Morgan fingerprint density at radius 1 is 0.879 bits per heavy atom. The molecule has 3 aromatic carbocycles. The Morgan fingerprint density at radius 2 is 1.39 bits per heavy atom. The summed E-state index contributed by atoms with van der Waals surface area (Å²) in [6, 6.07) is 18.5. The Hall–Kier alpha value is -2.52. The topological polar surface area (TPSA) is 52.7 Å². The molecule has 3 aromatic rings. The lowest BCUT2D eigenvalue weighted by Crippen LogP contribution is -2.56. The van der Waals surface area contributed by atoms with Gasteiger partial charge in [0.15, 0.2) is 0 Å². The van der Waals surface area contributed by atoms with Gasteiger partial charge in [-0.1, -0.05) is 35.9 Å². The first-order valence-electron chi connectivity index (χ1n) is 10.5. The van der Waals surface area contributed by atoms with Gasteiger partial charge >= 0.3 is 10.2 Å². The second kappa shape index (κ2) is 9.77. The fraction of sp³-hybridized carbons (Fsp3) is 0.250. The van der Waals surface area contributed by atoms with Crippen molar-refractivity contribution in [2.45, 2.75) is 12.0 Å². The van der Waals surface area contributed by atoms with Crippen molar-refractivity contribution in [1.29, 1.82) is 0 Å². The molecule has 1 aliphatic rings. The van der Waals surface area contributed by atoms with Crippen LogP contribution in [0.25, 0.3) is 0 Å². The van der Waals surface area contributed by atoms with Gasteiger partial charge in [0.2, 0.25) is 0 Å². The Balaban J connectivity index is 1.65. The van der Waals surface area contributed by atoms with E-state index >= 15 is 0 Å². The molecule has 33 heavy (non-hydrogen) atoms. The largest absolute Gasteiger partial charge is 0.301 e. The van der Waals surface area contributed by atoms with E-state index in [4.69, 9.17) is 11.6 Å². The van der Waals surface area contributed by atoms with E-state index in [1.54, 1.807) is 48.5 Å². The molecule has 174 valence electrons. The van der Waals surface area contributed by atoms with Crippen LogP contribution in [-0.4, -0.2) is 50.3 Å². The van der Waals surface area contributed by atoms with Gasteiger partial charge in [-0.25, -0.2) is 8.78 Å². The zero-order valence-corrected chi connectivity index (χ0v) is 19.5. The summed E-state index contributed by atoms with van der Waals surface area (Å²) in [6.07, 6.45) is 0. The van der Waals surface area contributed by atoms with Crippen LogP contribution in [0, 0.1) is 11.6 Å². The molecule has 0 saturated carbocycles. The van der Waals surface area contributed by atoms with Crippen molar-refractivity contribution in [1.82, 2.24) is 9.21 Å². The molecule has 4 rings (SSSR count). The first-order chi connectivity index (χ1) is 15.7. The highest BCUT2D eigenvalue weighted by Crippen LogP contribution is 2.33. The highest BCUT2D eigenvalue weighted by Gasteiger charge is 2.37. The third-order valence-corrected chi connectivity index (χ3v) is 7.69. The molecule has 1 atom stereocenters. The van der Waals surface area contributed by atoms with Crippen LogP contribution in [0.1, 0.15) is 17.0 Å². The number of likely N-dealkylation sites (N-methyl/N-ethyl adjacent to an activating group) is 1. The molecule has 0 spiro atoms. The maximum atomic E-state index is 13.6. The van der Waals surface area contributed by atoms with Crippen molar-refractivity contribution in [3.05, 3.63) is 101 Å². The lowest BCUT2D eigenvalue weighted by Gasteiger charge is -2.43. The van der Waals surface area contributed by atoms with Gasteiger partial charge in [0.05, 0.1) is 0 Å². The van der Waals surface area contributed by atoms with E-state index in [9.17, 15) is 17.2 Å².